The summed E-state index contributed by atoms with van der Waals surface area (Å²) in [6.45, 7) is 4.85. The highest BCUT2D eigenvalue weighted by molar-refractivity contribution is 6.29. The van der Waals surface area contributed by atoms with Gasteiger partial charge >= 0.3 is 5.97 Å². The second-order valence-electron chi connectivity index (χ2n) is 9.16. The standard InChI is InChI=1S/C24H22ClFN6O2/c1-12-7-14(13(2)28-15-3-4-19(25)30-21(15)23(33)34)20-16(8-12)29-17(9-27)22(31-20)32-10-24(11-32)6-5-18(24)26/h3-4,7-8,13,18,28H,5-6,10-11H2,1-2H3,(H,33,34)/t13-,18+/m1/s1. The molecule has 2 atom stereocenters. The Labute approximate surface area is 200 Å². The number of aromatic carboxylic acids is 1. The van der Waals surface area contributed by atoms with Crippen molar-refractivity contribution in [1.29, 1.82) is 5.26 Å². The number of carbonyl (C=O) groups is 1. The highest BCUT2D eigenvalue weighted by Crippen LogP contribution is 2.51. The molecule has 2 aromatic heterocycles. The Morgan fingerprint density at radius 3 is 2.74 bits per heavy atom. The van der Waals surface area contributed by atoms with Crippen LogP contribution in [0, 0.1) is 23.7 Å². The Bertz CT molecular complexity index is 1370. The van der Waals surface area contributed by atoms with Crippen LogP contribution in [0.5, 0.6) is 0 Å². The van der Waals surface area contributed by atoms with Gasteiger partial charge in [0.15, 0.2) is 17.2 Å². The average molecular weight is 481 g/mol. The summed E-state index contributed by atoms with van der Waals surface area (Å²) in [6.07, 6.45) is 0.633. The molecule has 1 saturated heterocycles. The van der Waals surface area contributed by atoms with E-state index in [1.165, 1.54) is 6.07 Å². The second-order valence-corrected chi connectivity index (χ2v) is 9.54. The molecular weight excluding hydrogens is 459 g/mol. The number of halogens is 2. The van der Waals surface area contributed by atoms with E-state index in [0.29, 0.717) is 42.0 Å². The van der Waals surface area contributed by atoms with Crippen LogP contribution in [0.25, 0.3) is 11.0 Å². The number of hydrogen-bond donors (Lipinski definition) is 2. The van der Waals surface area contributed by atoms with Crippen molar-refractivity contribution in [2.24, 2.45) is 5.41 Å². The minimum absolute atomic E-state index is 0.0884. The van der Waals surface area contributed by atoms with E-state index in [1.807, 2.05) is 30.9 Å². The third-order valence-electron chi connectivity index (χ3n) is 6.80. The SMILES string of the molecule is Cc1cc([C@@H](C)Nc2ccc(Cl)nc2C(=O)O)c2nc(N3CC4(CC[C@@H]4F)C3)c(C#N)nc2c1. The molecule has 0 bridgehead atoms. The Balaban J connectivity index is 1.54. The monoisotopic (exact) mass is 480 g/mol. The van der Waals surface area contributed by atoms with Gasteiger partial charge in [0, 0.05) is 24.1 Å². The number of fused-ring (bicyclic) bond motifs is 1. The first-order chi connectivity index (χ1) is 16.2. The minimum atomic E-state index is -1.19. The van der Waals surface area contributed by atoms with Gasteiger partial charge in [-0.1, -0.05) is 17.7 Å². The van der Waals surface area contributed by atoms with Crippen LogP contribution in [0.15, 0.2) is 24.3 Å². The lowest BCUT2D eigenvalue weighted by Crippen LogP contribution is -2.66. The number of benzene rings is 1. The van der Waals surface area contributed by atoms with Gasteiger partial charge in [-0.25, -0.2) is 24.1 Å². The van der Waals surface area contributed by atoms with Crippen molar-refractivity contribution in [1.82, 2.24) is 15.0 Å². The molecule has 1 saturated carbocycles. The molecule has 0 amide bonds. The number of aryl methyl sites for hydroxylation is 1. The molecule has 3 heterocycles. The van der Waals surface area contributed by atoms with Crippen molar-refractivity contribution >= 4 is 40.1 Å². The highest BCUT2D eigenvalue weighted by atomic mass is 35.5. The van der Waals surface area contributed by atoms with E-state index in [9.17, 15) is 19.6 Å². The molecular formula is C24H22ClFN6O2. The predicted molar refractivity (Wildman–Crippen MR) is 126 cm³/mol. The number of aromatic nitrogens is 3. The largest absolute Gasteiger partial charge is 0.476 e. The van der Waals surface area contributed by atoms with Gasteiger partial charge in [0.1, 0.15) is 17.4 Å². The zero-order valence-electron chi connectivity index (χ0n) is 18.6. The topological polar surface area (TPSA) is 115 Å². The van der Waals surface area contributed by atoms with Crippen molar-refractivity contribution in [2.45, 2.75) is 38.9 Å². The van der Waals surface area contributed by atoms with E-state index < -0.39 is 12.1 Å². The number of carboxylic acids is 1. The summed E-state index contributed by atoms with van der Waals surface area (Å²) in [5.74, 6) is -0.739. The summed E-state index contributed by atoms with van der Waals surface area (Å²) in [4.78, 5) is 26.9. The zero-order valence-corrected chi connectivity index (χ0v) is 19.4. The van der Waals surface area contributed by atoms with Gasteiger partial charge in [-0.05, 0) is 50.5 Å². The molecule has 1 aliphatic heterocycles. The molecule has 174 valence electrons. The van der Waals surface area contributed by atoms with Crippen LogP contribution in [0.1, 0.15) is 53.1 Å². The fraction of sp³-hybridized carbons (Fsp3) is 0.375. The molecule has 2 aliphatic rings. The van der Waals surface area contributed by atoms with Gasteiger partial charge in [-0.15, -0.1) is 0 Å². The molecule has 1 spiro atoms. The molecule has 0 radical (unpaired) electrons. The summed E-state index contributed by atoms with van der Waals surface area (Å²) in [6, 6.07) is 8.68. The van der Waals surface area contributed by atoms with Gasteiger partial charge in [-0.3, -0.25) is 0 Å². The lowest BCUT2D eigenvalue weighted by atomic mass is 9.62. The third kappa shape index (κ3) is 3.59. The number of nitrogens with zero attached hydrogens (tertiary/aromatic N) is 5. The first kappa shape index (κ1) is 22.3. The molecule has 10 heteroatoms. The Hall–Kier alpha value is -3.51. The zero-order chi connectivity index (χ0) is 24.2. The average Bonchev–Trinajstić information content (AvgIpc) is 2.77. The van der Waals surface area contributed by atoms with E-state index in [-0.39, 0.29) is 28.0 Å². The predicted octanol–water partition coefficient (Wildman–Crippen LogP) is 4.67. The van der Waals surface area contributed by atoms with E-state index in [1.54, 1.807) is 6.07 Å². The second kappa shape index (κ2) is 8.06. The number of nitrogens with one attached hydrogen (secondary N) is 1. The first-order valence-corrected chi connectivity index (χ1v) is 11.4. The Morgan fingerprint density at radius 1 is 1.35 bits per heavy atom. The maximum Gasteiger partial charge on any atom is 0.356 e. The van der Waals surface area contributed by atoms with E-state index in [2.05, 4.69) is 21.4 Å². The normalized spacial score (nSPS) is 19.3. The number of alkyl halides is 1. The maximum atomic E-state index is 14.1. The summed E-state index contributed by atoms with van der Waals surface area (Å²) in [7, 11) is 0. The van der Waals surface area contributed by atoms with Crippen molar-refractivity contribution in [3.63, 3.8) is 0 Å². The smallest absolute Gasteiger partial charge is 0.356 e. The fourth-order valence-corrected chi connectivity index (χ4v) is 5.00. The van der Waals surface area contributed by atoms with Gasteiger partial charge in [0.25, 0.3) is 0 Å². The Morgan fingerprint density at radius 2 is 2.12 bits per heavy atom. The molecule has 1 aromatic carbocycles. The van der Waals surface area contributed by atoms with Crippen LogP contribution in [0.4, 0.5) is 15.9 Å². The van der Waals surface area contributed by atoms with Gasteiger partial charge < -0.3 is 15.3 Å². The van der Waals surface area contributed by atoms with Crippen molar-refractivity contribution in [3.05, 3.63) is 51.9 Å². The quantitative estimate of drug-likeness (QED) is 0.506. The van der Waals surface area contributed by atoms with Crippen LogP contribution in [0.3, 0.4) is 0 Å². The fourth-order valence-electron chi connectivity index (χ4n) is 4.86. The van der Waals surface area contributed by atoms with Crippen molar-refractivity contribution in [3.8, 4) is 6.07 Å². The number of carboxylic acid groups (broad SMARTS) is 1. The minimum Gasteiger partial charge on any atom is -0.476 e. The van der Waals surface area contributed by atoms with Crippen LogP contribution in [-0.2, 0) is 0 Å². The van der Waals surface area contributed by atoms with Crippen LogP contribution >= 0.6 is 11.6 Å². The number of pyridine rings is 1. The maximum absolute atomic E-state index is 14.1. The van der Waals surface area contributed by atoms with Gasteiger partial charge in [0.05, 0.1) is 22.8 Å². The van der Waals surface area contributed by atoms with Crippen molar-refractivity contribution in [2.75, 3.05) is 23.3 Å². The van der Waals surface area contributed by atoms with Gasteiger partial charge in [0.2, 0.25) is 0 Å². The summed E-state index contributed by atoms with van der Waals surface area (Å²) in [5, 5.41) is 22.5. The number of nitriles is 1. The molecule has 0 unspecified atom stereocenters. The molecule has 2 fully saturated rings. The van der Waals surface area contributed by atoms with E-state index >= 15 is 0 Å². The molecule has 3 aromatic rings. The number of rotatable bonds is 5. The molecule has 5 rings (SSSR count). The van der Waals surface area contributed by atoms with Crippen molar-refractivity contribution < 1.29 is 14.3 Å². The van der Waals surface area contributed by atoms with Gasteiger partial charge in [-0.2, -0.15) is 5.26 Å². The lowest BCUT2D eigenvalue weighted by molar-refractivity contribution is -0.0272. The Kier molecular flexibility index (Phi) is 5.29. The molecule has 34 heavy (non-hydrogen) atoms. The number of hydrogen-bond acceptors (Lipinski definition) is 7. The number of anilines is 2. The first-order valence-electron chi connectivity index (χ1n) is 11.0. The van der Waals surface area contributed by atoms with Crippen LogP contribution in [0.2, 0.25) is 5.15 Å². The highest BCUT2D eigenvalue weighted by Gasteiger charge is 2.56. The van der Waals surface area contributed by atoms with E-state index in [4.69, 9.17) is 16.6 Å². The molecule has 2 N–H and O–H groups in total. The summed E-state index contributed by atoms with van der Waals surface area (Å²) < 4.78 is 14.1. The molecule has 1 aliphatic carbocycles. The van der Waals surface area contributed by atoms with Crippen LogP contribution in [-0.4, -0.2) is 45.3 Å². The summed E-state index contributed by atoms with van der Waals surface area (Å²) in [5.41, 5.74) is 2.93. The summed E-state index contributed by atoms with van der Waals surface area (Å²) >= 11 is 5.88. The molecule has 8 nitrogen and oxygen atoms in total. The third-order valence-corrected chi connectivity index (χ3v) is 7.02. The van der Waals surface area contributed by atoms with E-state index in [0.717, 1.165) is 17.5 Å². The van der Waals surface area contributed by atoms with Crippen LogP contribution < -0.4 is 10.2 Å². The lowest BCUT2D eigenvalue weighted by Gasteiger charge is -2.58.